The fourth-order valence-corrected chi connectivity index (χ4v) is 4.39. The molecule has 1 amide bonds. The van der Waals surface area contributed by atoms with Crippen molar-refractivity contribution in [2.75, 3.05) is 13.2 Å². The Hall–Kier alpha value is -4.11. The summed E-state index contributed by atoms with van der Waals surface area (Å²) < 4.78 is 5.68. The highest BCUT2D eigenvalue weighted by Crippen LogP contribution is 2.44. The Labute approximate surface area is 192 Å². The summed E-state index contributed by atoms with van der Waals surface area (Å²) in [5.41, 5.74) is 5.17. The van der Waals surface area contributed by atoms with Crippen molar-refractivity contribution in [3.8, 4) is 17.2 Å². The number of amides is 1. The van der Waals surface area contributed by atoms with Gasteiger partial charge in [-0.15, -0.1) is 0 Å². The lowest BCUT2D eigenvalue weighted by Gasteiger charge is -2.28. The van der Waals surface area contributed by atoms with Crippen LogP contribution in [0.25, 0.3) is 11.1 Å². The molecule has 6 nitrogen and oxygen atoms in total. The van der Waals surface area contributed by atoms with Crippen molar-refractivity contribution in [2.45, 2.75) is 24.8 Å². The molecule has 1 aliphatic rings. The molecule has 3 aromatic rings. The first-order chi connectivity index (χ1) is 16.1. The Morgan fingerprint density at radius 2 is 1.52 bits per heavy atom. The Morgan fingerprint density at radius 1 is 0.939 bits per heavy atom. The largest absolute Gasteiger partial charge is 0.480 e. The predicted octanol–water partition coefficient (Wildman–Crippen LogP) is 4.85. The van der Waals surface area contributed by atoms with Crippen molar-refractivity contribution < 1.29 is 19.4 Å². The molecule has 6 heteroatoms. The first-order valence-corrected chi connectivity index (χ1v) is 10.9. The Kier molecular flexibility index (Phi) is 6.70. The third kappa shape index (κ3) is 4.73. The van der Waals surface area contributed by atoms with Gasteiger partial charge in [-0.3, -0.25) is 4.90 Å². The molecular weight excluding hydrogens is 416 g/mol. The summed E-state index contributed by atoms with van der Waals surface area (Å²) in [5, 5.41) is 18.9. The van der Waals surface area contributed by atoms with Crippen molar-refractivity contribution in [1.82, 2.24) is 4.90 Å². The molecule has 0 saturated carbocycles. The van der Waals surface area contributed by atoms with Gasteiger partial charge >= 0.3 is 12.1 Å². The van der Waals surface area contributed by atoms with Crippen LogP contribution >= 0.6 is 0 Å². The minimum absolute atomic E-state index is 0.0166. The second kappa shape index (κ2) is 10.0. The Balaban J connectivity index is 1.54. The van der Waals surface area contributed by atoms with Gasteiger partial charge in [0.05, 0.1) is 12.5 Å². The van der Waals surface area contributed by atoms with Crippen LogP contribution in [0.3, 0.4) is 0 Å². The molecule has 0 heterocycles. The van der Waals surface area contributed by atoms with Gasteiger partial charge in [0.2, 0.25) is 0 Å². The molecule has 1 unspecified atom stereocenters. The topological polar surface area (TPSA) is 90.6 Å². The zero-order valence-electron chi connectivity index (χ0n) is 18.1. The van der Waals surface area contributed by atoms with Gasteiger partial charge in [0.1, 0.15) is 12.6 Å². The Morgan fingerprint density at radius 3 is 2.09 bits per heavy atom. The molecule has 0 bridgehead atoms. The molecule has 1 N–H and O–H groups in total. The summed E-state index contributed by atoms with van der Waals surface area (Å²) >= 11 is 0. The predicted molar refractivity (Wildman–Crippen MR) is 124 cm³/mol. The number of nitriles is 1. The van der Waals surface area contributed by atoms with Crippen LogP contribution in [-0.2, 0) is 16.0 Å². The van der Waals surface area contributed by atoms with Gasteiger partial charge < -0.3 is 9.84 Å². The summed E-state index contributed by atoms with van der Waals surface area (Å²) in [7, 11) is 0. The average molecular weight is 440 g/mol. The zero-order chi connectivity index (χ0) is 23.2. The number of hydrogen-bond donors (Lipinski definition) is 1. The normalized spacial score (nSPS) is 12.8. The van der Waals surface area contributed by atoms with Crippen LogP contribution in [0.15, 0.2) is 78.9 Å². The number of rotatable bonds is 8. The lowest BCUT2D eigenvalue weighted by Crippen LogP contribution is -2.47. The molecule has 4 rings (SSSR count). The second-order valence-electron chi connectivity index (χ2n) is 7.95. The molecule has 0 radical (unpaired) electrons. The highest BCUT2D eigenvalue weighted by molar-refractivity contribution is 5.81. The highest BCUT2D eigenvalue weighted by Gasteiger charge is 2.33. The van der Waals surface area contributed by atoms with Crippen LogP contribution in [0.2, 0.25) is 0 Å². The van der Waals surface area contributed by atoms with E-state index in [-0.39, 0.29) is 31.9 Å². The quantitative estimate of drug-likeness (QED) is 0.541. The lowest BCUT2D eigenvalue weighted by atomic mass is 9.98. The van der Waals surface area contributed by atoms with Crippen LogP contribution in [0.1, 0.15) is 29.0 Å². The van der Waals surface area contributed by atoms with Gasteiger partial charge in [0.15, 0.2) is 0 Å². The molecule has 166 valence electrons. The summed E-state index contributed by atoms with van der Waals surface area (Å²) in [4.78, 5) is 26.3. The van der Waals surface area contributed by atoms with E-state index >= 15 is 0 Å². The minimum Gasteiger partial charge on any atom is -0.480 e. The van der Waals surface area contributed by atoms with E-state index in [1.165, 1.54) is 0 Å². The number of fused-ring (bicyclic) bond motifs is 3. The molecule has 0 spiro atoms. The SMILES string of the molecule is N#CCCN(C(=O)OCC1c2ccccc2-c2ccccc21)C(Cc1ccccc1)C(=O)O. The summed E-state index contributed by atoms with van der Waals surface area (Å²) in [6.45, 7) is 0.0740. The third-order valence-electron chi connectivity index (χ3n) is 5.97. The fourth-order valence-electron chi connectivity index (χ4n) is 4.39. The first kappa shape index (κ1) is 22.1. The van der Waals surface area contributed by atoms with Gasteiger partial charge in [0.25, 0.3) is 0 Å². The number of benzene rings is 3. The van der Waals surface area contributed by atoms with Gasteiger partial charge in [-0.1, -0.05) is 78.9 Å². The highest BCUT2D eigenvalue weighted by atomic mass is 16.6. The van der Waals surface area contributed by atoms with Crippen LogP contribution in [0, 0.1) is 11.3 Å². The zero-order valence-corrected chi connectivity index (χ0v) is 18.1. The third-order valence-corrected chi connectivity index (χ3v) is 5.97. The molecule has 0 fully saturated rings. The van der Waals surface area contributed by atoms with E-state index in [1.807, 2.05) is 72.8 Å². The number of hydrogen-bond acceptors (Lipinski definition) is 4. The van der Waals surface area contributed by atoms with Gasteiger partial charge in [-0.25, -0.2) is 9.59 Å². The van der Waals surface area contributed by atoms with Gasteiger partial charge in [0, 0.05) is 18.9 Å². The van der Waals surface area contributed by atoms with E-state index in [0.29, 0.717) is 0 Å². The van der Waals surface area contributed by atoms with Crippen molar-refractivity contribution in [3.63, 3.8) is 0 Å². The monoisotopic (exact) mass is 440 g/mol. The van der Waals surface area contributed by atoms with E-state index in [4.69, 9.17) is 10.00 Å². The van der Waals surface area contributed by atoms with Crippen molar-refractivity contribution >= 4 is 12.1 Å². The molecular formula is C27H24N2O4. The number of aliphatic carboxylic acids is 1. The lowest BCUT2D eigenvalue weighted by molar-refractivity contribution is -0.142. The molecule has 0 aliphatic heterocycles. The number of nitrogens with zero attached hydrogens (tertiary/aromatic N) is 2. The number of carboxylic acids is 1. The molecule has 1 atom stereocenters. The summed E-state index contributed by atoms with van der Waals surface area (Å²) in [5.74, 6) is -1.26. The molecule has 0 saturated heterocycles. The Bertz CT molecular complexity index is 1140. The summed E-state index contributed by atoms with van der Waals surface area (Å²) in [6.07, 6.45) is -0.579. The van der Waals surface area contributed by atoms with Crippen LogP contribution < -0.4 is 0 Å². The van der Waals surface area contributed by atoms with Crippen molar-refractivity contribution in [1.29, 1.82) is 5.26 Å². The van der Waals surface area contributed by atoms with Crippen LogP contribution in [0.5, 0.6) is 0 Å². The number of ether oxygens (including phenoxy) is 1. The standard InChI is InChI=1S/C27H24N2O4/c28-15-8-16-29(25(26(30)31)17-19-9-2-1-3-10-19)27(32)33-18-24-22-13-6-4-11-20(22)21-12-5-7-14-23(21)24/h1-7,9-14,24-25H,8,16-18H2,(H,30,31). The van der Waals surface area contributed by atoms with E-state index < -0.39 is 18.1 Å². The second-order valence-corrected chi connectivity index (χ2v) is 7.95. The maximum Gasteiger partial charge on any atom is 0.410 e. The maximum absolute atomic E-state index is 13.1. The van der Waals surface area contributed by atoms with E-state index in [1.54, 1.807) is 0 Å². The average Bonchev–Trinajstić information content (AvgIpc) is 3.16. The fraction of sp³-hybridized carbons (Fsp3) is 0.222. The number of carboxylic acid groups (broad SMARTS) is 1. The smallest absolute Gasteiger partial charge is 0.410 e. The van der Waals surface area contributed by atoms with Crippen LogP contribution in [-0.4, -0.2) is 41.3 Å². The molecule has 0 aromatic heterocycles. The number of carbonyl (C=O) groups excluding carboxylic acids is 1. The van der Waals surface area contributed by atoms with Gasteiger partial charge in [-0.05, 0) is 27.8 Å². The van der Waals surface area contributed by atoms with Crippen LogP contribution in [0.4, 0.5) is 4.79 Å². The summed E-state index contributed by atoms with van der Waals surface area (Å²) in [6, 6.07) is 26.0. The van der Waals surface area contributed by atoms with Crippen molar-refractivity contribution in [2.24, 2.45) is 0 Å². The number of carbonyl (C=O) groups is 2. The first-order valence-electron chi connectivity index (χ1n) is 10.9. The molecule has 1 aliphatic carbocycles. The van der Waals surface area contributed by atoms with E-state index in [9.17, 15) is 14.7 Å². The van der Waals surface area contributed by atoms with Gasteiger partial charge in [-0.2, -0.15) is 5.26 Å². The van der Waals surface area contributed by atoms with Crippen molar-refractivity contribution in [3.05, 3.63) is 95.6 Å². The van der Waals surface area contributed by atoms with E-state index in [2.05, 4.69) is 12.1 Å². The van der Waals surface area contributed by atoms with E-state index in [0.717, 1.165) is 32.7 Å². The minimum atomic E-state index is -1.13. The maximum atomic E-state index is 13.1. The molecule has 3 aromatic carbocycles. The molecule has 33 heavy (non-hydrogen) atoms.